The Morgan fingerprint density at radius 2 is 0.806 bits per heavy atom. The average molecular weight is 855 g/mol. The summed E-state index contributed by atoms with van der Waals surface area (Å²) >= 11 is 0. The number of anilines is 3. The van der Waals surface area contributed by atoms with Crippen molar-refractivity contribution in [3.05, 3.63) is 255 Å². The molecule has 0 unspecified atom stereocenters. The van der Waals surface area contributed by atoms with Gasteiger partial charge in [0.05, 0.1) is 16.7 Å². The van der Waals surface area contributed by atoms with Gasteiger partial charge in [-0.1, -0.05) is 188 Å². The largest absolute Gasteiger partial charge is 0.455 e. The summed E-state index contributed by atoms with van der Waals surface area (Å²) in [5.41, 5.74) is 17.9. The zero-order chi connectivity index (χ0) is 44.3. The van der Waals surface area contributed by atoms with E-state index in [1.54, 1.807) is 0 Å². The van der Waals surface area contributed by atoms with E-state index in [4.69, 9.17) is 4.42 Å². The molecular formula is C64H42N2O. The fourth-order valence-electron chi connectivity index (χ4n) is 10.1. The van der Waals surface area contributed by atoms with Crippen LogP contribution in [0, 0.1) is 0 Å². The first kappa shape index (κ1) is 38.5. The number of hydrogen-bond acceptors (Lipinski definition) is 2. The summed E-state index contributed by atoms with van der Waals surface area (Å²) in [5, 5.41) is 7.22. The van der Waals surface area contributed by atoms with Crippen LogP contribution < -0.4 is 4.90 Å². The maximum Gasteiger partial charge on any atom is 0.143 e. The molecule has 13 aromatic rings. The first-order valence-electron chi connectivity index (χ1n) is 22.9. The standard InChI is InChI=1S/C64H42N2O/c1-2-14-49-42-53(40-35-43(49)13-1)65(52-38-33-46(34-39-52)48-15-11-16-50(41-48)55-21-12-22-59-58-20-6-10-26-63(58)67-64(55)59)51-36-31-45(32-37-51)44-27-29-47(30-28-44)54-17-3-7-23-60(54)66-61-24-8-4-18-56(61)57-19-5-9-25-62(57)66/h1-42H. The monoisotopic (exact) mass is 854 g/mol. The van der Waals surface area contributed by atoms with Gasteiger partial charge < -0.3 is 13.9 Å². The van der Waals surface area contributed by atoms with Crippen LogP contribution in [0.1, 0.15) is 0 Å². The Balaban J connectivity index is 0.826. The Bertz CT molecular complexity index is 3920. The van der Waals surface area contributed by atoms with Crippen LogP contribution in [0.2, 0.25) is 0 Å². The quantitative estimate of drug-likeness (QED) is 0.152. The van der Waals surface area contributed by atoms with Crippen molar-refractivity contribution in [3.8, 4) is 50.2 Å². The molecule has 3 nitrogen and oxygen atoms in total. The molecule has 2 aromatic heterocycles. The molecule has 2 heterocycles. The first-order chi connectivity index (χ1) is 33.2. The smallest absolute Gasteiger partial charge is 0.143 e. The average Bonchev–Trinajstić information content (AvgIpc) is 3.95. The third-order valence-electron chi connectivity index (χ3n) is 13.4. The number of para-hydroxylation sites is 5. The highest BCUT2D eigenvalue weighted by atomic mass is 16.3. The van der Waals surface area contributed by atoms with Gasteiger partial charge in [-0.2, -0.15) is 0 Å². The summed E-state index contributed by atoms with van der Waals surface area (Å²) in [6.45, 7) is 0. The van der Waals surface area contributed by atoms with Crippen LogP contribution in [0.15, 0.2) is 259 Å². The summed E-state index contributed by atoms with van der Waals surface area (Å²) in [4.78, 5) is 2.35. The molecule has 0 fully saturated rings. The highest BCUT2D eigenvalue weighted by Gasteiger charge is 2.18. The van der Waals surface area contributed by atoms with Gasteiger partial charge in [-0.05, 0) is 111 Å². The number of rotatable bonds is 8. The third kappa shape index (κ3) is 6.67. The van der Waals surface area contributed by atoms with Gasteiger partial charge in [-0.3, -0.25) is 0 Å². The van der Waals surface area contributed by atoms with Crippen molar-refractivity contribution in [2.75, 3.05) is 4.90 Å². The van der Waals surface area contributed by atoms with Crippen molar-refractivity contribution in [2.24, 2.45) is 0 Å². The molecule has 0 amide bonds. The van der Waals surface area contributed by atoms with Gasteiger partial charge in [0.2, 0.25) is 0 Å². The van der Waals surface area contributed by atoms with Crippen LogP contribution in [0.25, 0.3) is 105 Å². The van der Waals surface area contributed by atoms with E-state index in [-0.39, 0.29) is 0 Å². The number of hydrogen-bond donors (Lipinski definition) is 0. The van der Waals surface area contributed by atoms with E-state index in [2.05, 4.69) is 252 Å². The normalized spacial score (nSPS) is 11.6. The number of fused-ring (bicyclic) bond motifs is 7. The molecule has 0 saturated heterocycles. The SMILES string of the molecule is c1cc(-c2ccc(N(c3ccc(-c4ccc(-c5ccccc5-n5c6ccccc6c6ccccc65)cc4)cc3)c3ccc4ccccc4c3)cc2)cc(-c2cccc3c2oc2ccccc23)c1. The fraction of sp³-hybridized carbons (Fsp3) is 0. The summed E-state index contributed by atoms with van der Waals surface area (Å²) in [5.74, 6) is 0. The van der Waals surface area contributed by atoms with Crippen LogP contribution in [0.4, 0.5) is 17.1 Å². The van der Waals surface area contributed by atoms with Gasteiger partial charge in [0.25, 0.3) is 0 Å². The molecule has 0 radical (unpaired) electrons. The van der Waals surface area contributed by atoms with E-state index in [1.165, 1.54) is 55.0 Å². The lowest BCUT2D eigenvalue weighted by Crippen LogP contribution is -2.09. The molecule has 0 aliphatic carbocycles. The summed E-state index contributed by atoms with van der Waals surface area (Å²) in [7, 11) is 0. The Kier molecular flexibility index (Phi) is 9.17. The molecule has 0 saturated carbocycles. The van der Waals surface area contributed by atoms with Gasteiger partial charge >= 0.3 is 0 Å². The predicted molar refractivity (Wildman–Crippen MR) is 282 cm³/mol. The van der Waals surface area contributed by atoms with Gasteiger partial charge in [0, 0.05) is 49.7 Å². The number of furan rings is 1. The van der Waals surface area contributed by atoms with Gasteiger partial charge in [0.15, 0.2) is 0 Å². The molecular weight excluding hydrogens is 813 g/mol. The van der Waals surface area contributed by atoms with Crippen LogP contribution in [0.3, 0.4) is 0 Å². The van der Waals surface area contributed by atoms with Crippen molar-refractivity contribution in [3.63, 3.8) is 0 Å². The zero-order valence-corrected chi connectivity index (χ0v) is 36.6. The van der Waals surface area contributed by atoms with E-state index in [0.717, 1.165) is 66.8 Å². The highest BCUT2D eigenvalue weighted by molar-refractivity contribution is 6.11. The number of benzene rings is 11. The lowest BCUT2D eigenvalue weighted by atomic mass is 9.97. The van der Waals surface area contributed by atoms with Crippen LogP contribution >= 0.6 is 0 Å². The van der Waals surface area contributed by atoms with Gasteiger partial charge in [-0.25, -0.2) is 0 Å². The van der Waals surface area contributed by atoms with E-state index in [1.807, 2.05) is 12.1 Å². The van der Waals surface area contributed by atoms with Gasteiger partial charge in [0.1, 0.15) is 11.2 Å². The summed E-state index contributed by atoms with van der Waals surface area (Å²) in [6.07, 6.45) is 0. The van der Waals surface area contributed by atoms with Crippen molar-refractivity contribution < 1.29 is 4.42 Å². The number of aromatic nitrogens is 1. The van der Waals surface area contributed by atoms with Crippen molar-refractivity contribution in [2.45, 2.75) is 0 Å². The molecule has 3 heteroatoms. The Labute approximate surface area is 388 Å². The molecule has 314 valence electrons. The minimum atomic E-state index is 0.908. The van der Waals surface area contributed by atoms with Crippen LogP contribution in [-0.4, -0.2) is 4.57 Å². The van der Waals surface area contributed by atoms with Crippen LogP contribution in [-0.2, 0) is 0 Å². The highest BCUT2D eigenvalue weighted by Crippen LogP contribution is 2.41. The predicted octanol–water partition coefficient (Wildman–Crippen LogP) is 18.0. The molecule has 0 spiro atoms. The molecule has 0 atom stereocenters. The maximum atomic E-state index is 6.42. The lowest BCUT2D eigenvalue weighted by molar-refractivity contribution is 0.670. The lowest BCUT2D eigenvalue weighted by Gasteiger charge is -2.26. The van der Waals surface area contributed by atoms with E-state index in [9.17, 15) is 0 Å². The molecule has 13 rings (SSSR count). The minimum Gasteiger partial charge on any atom is -0.455 e. The molecule has 0 N–H and O–H groups in total. The Morgan fingerprint density at radius 1 is 0.299 bits per heavy atom. The van der Waals surface area contributed by atoms with Crippen LogP contribution in [0.5, 0.6) is 0 Å². The molecule has 67 heavy (non-hydrogen) atoms. The Morgan fingerprint density at radius 3 is 1.54 bits per heavy atom. The molecule has 0 bridgehead atoms. The zero-order valence-electron chi connectivity index (χ0n) is 36.6. The molecule has 11 aromatic carbocycles. The first-order valence-corrected chi connectivity index (χ1v) is 22.9. The summed E-state index contributed by atoms with van der Waals surface area (Å²) < 4.78 is 8.83. The second-order valence-electron chi connectivity index (χ2n) is 17.3. The topological polar surface area (TPSA) is 21.3 Å². The Hall–Kier alpha value is -8.92. The molecule has 0 aliphatic rings. The van der Waals surface area contributed by atoms with Crippen molar-refractivity contribution >= 4 is 71.6 Å². The van der Waals surface area contributed by atoms with E-state index in [0.29, 0.717) is 0 Å². The van der Waals surface area contributed by atoms with E-state index < -0.39 is 0 Å². The van der Waals surface area contributed by atoms with Crippen molar-refractivity contribution in [1.29, 1.82) is 0 Å². The minimum absolute atomic E-state index is 0.908. The molecule has 0 aliphatic heterocycles. The summed E-state index contributed by atoms with van der Waals surface area (Å²) in [6, 6.07) is 91.8. The second-order valence-corrected chi connectivity index (χ2v) is 17.3. The maximum absolute atomic E-state index is 6.42. The second kappa shape index (κ2) is 16.0. The van der Waals surface area contributed by atoms with Crippen molar-refractivity contribution in [1.82, 2.24) is 4.57 Å². The number of nitrogens with zero attached hydrogens (tertiary/aromatic N) is 2. The van der Waals surface area contributed by atoms with Gasteiger partial charge in [-0.15, -0.1) is 0 Å². The fourth-order valence-corrected chi connectivity index (χ4v) is 10.1. The third-order valence-corrected chi connectivity index (χ3v) is 13.4. The van der Waals surface area contributed by atoms with E-state index >= 15 is 0 Å².